The number of hydrogen-bond donors (Lipinski definition) is 0. The lowest BCUT2D eigenvalue weighted by atomic mass is 9.99. The predicted molar refractivity (Wildman–Crippen MR) is 47.7 cm³/mol. The van der Waals surface area contributed by atoms with Crippen molar-refractivity contribution in [3.05, 3.63) is 11.6 Å². The van der Waals surface area contributed by atoms with Gasteiger partial charge >= 0.3 is 5.97 Å². The molecule has 1 saturated carbocycles. The monoisotopic (exact) mass is 168 g/mol. The third-order valence-corrected chi connectivity index (χ3v) is 2.55. The first-order valence-electron chi connectivity index (χ1n) is 4.50. The second-order valence-electron chi connectivity index (χ2n) is 3.39. The van der Waals surface area contributed by atoms with Crippen molar-refractivity contribution < 1.29 is 9.53 Å². The summed E-state index contributed by atoms with van der Waals surface area (Å²) in [6, 6.07) is 0. The molecule has 0 spiro atoms. The second-order valence-corrected chi connectivity index (χ2v) is 3.39. The largest absolute Gasteiger partial charge is 0.466 e. The first-order valence-corrected chi connectivity index (χ1v) is 4.50. The lowest BCUT2D eigenvalue weighted by molar-refractivity contribution is -0.134. The van der Waals surface area contributed by atoms with Crippen LogP contribution in [0.4, 0.5) is 0 Å². The van der Waals surface area contributed by atoms with E-state index in [1.807, 2.05) is 6.92 Å². The van der Waals surface area contributed by atoms with Gasteiger partial charge in [-0.1, -0.05) is 18.4 Å². The van der Waals surface area contributed by atoms with E-state index in [9.17, 15) is 4.79 Å². The zero-order valence-corrected chi connectivity index (χ0v) is 7.80. The Morgan fingerprint density at radius 2 is 2.00 bits per heavy atom. The summed E-state index contributed by atoms with van der Waals surface area (Å²) in [6.07, 6.45) is 6.70. The average Bonchev–Trinajstić information content (AvgIpc) is 2.56. The molecule has 0 heterocycles. The zero-order chi connectivity index (χ0) is 8.97. The Labute approximate surface area is 73.6 Å². The van der Waals surface area contributed by atoms with Crippen molar-refractivity contribution in [2.75, 3.05) is 7.11 Å². The third-order valence-electron chi connectivity index (χ3n) is 2.55. The van der Waals surface area contributed by atoms with Gasteiger partial charge in [-0.2, -0.15) is 0 Å². The normalized spacial score (nSPS) is 19.7. The number of esters is 1. The number of ether oxygens (including phenoxy) is 1. The van der Waals surface area contributed by atoms with Gasteiger partial charge in [0.15, 0.2) is 0 Å². The molecule has 1 aliphatic carbocycles. The van der Waals surface area contributed by atoms with Gasteiger partial charge in [-0.05, 0) is 25.7 Å². The van der Waals surface area contributed by atoms with Crippen molar-refractivity contribution in [3.63, 3.8) is 0 Å². The van der Waals surface area contributed by atoms with Crippen LogP contribution in [0.15, 0.2) is 11.6 Å². The number of allylic oxidation sites excluding steroid dienone is 1. The SMILES string of the molecule is COC(=O)/C=C(/C)C1CCCC1. The molecule has 0 amide bonds. The van der Waals surface area contributed by atoms with E-state index >= 15 is 0 Å². The smallest absolute Gasteiger partial charge is 0.330 e. The molecule has 0 aliphatic heterocycles. The van der Waals surface area contributed by atoms with E-state index in [4.69, 9.17) is 0 Å². The van der Waals surface area contributed by atoms with E-state index in [2.05, 4.69) is 4.74 Å². The quantitative estimate of drug-likeness (QED) is 0.467. The maximum absolute atomic E-state index is 10.9. The fraction of sp³-hybridized carbons (Fsp3) is 0.700. The first kappa shape index (κ1) is 9.30. The van der Waals surface area contributed by atoms with Gasteiger partial charge in [0.25, 0.3) is 0 Å². The molecule has 1 rings (SSSR count). The summed E-state index contributed by atoms with van der Waals surface area (Å²) in [5.41, 5.74) is 1.18. The van der Waals surface area contributed by atoms with Crippen LogP contribution in [0, 0.1) is 5.92 Å². The molecule has 0 bridgehead atoms. The van der Waals surface area contributed by atoms with E-state index in [1.54, 1.807) is 6.08 Å². The molecule has 1 aliphatic rings. The fourth-order valence-corrected chi connectivity index (χ4v) is 1.74. The van der Waals surface area contributed by atoms with Crippen LogP contribution in [0.5, 0.6) is 0 Å². The van der Waals surface area contributed by atoms with Gasteiger partial charge in [-0.15, -0.1) is 0 Å². The molecule has 0 saturated heterocycles. The Balaban J connectivity index is 2.49. The molecule has 0 N–H and O–H groups in total. The summed E-state index contributed by atoms with van der Waals surface area (Å²) in [6.45, 7) is 2.02. The molecule has 2 nitrogen and oxygen atoms in total. The Bertz CT molecular complexity index is 188. The third kappa shape index (κ3) is 2.36. The zero-order valence-electron chi connectivity index (χ0n) is 7.80. The van der Waals surface area contributed by atoms with Crippen LogP contribution < -0.4 is 0 Å². The molecular formula is C10H16O2. The summed E-state index contributed by atoms with van der Waals surface area (Å²) >= 11 is 0. The minimum Gasteiger partial charge on any atom is -0.466 e. The minimum absolute atomic E-state index is 0.223. The van der Waals surface area contributed by atoms with E-state index in [1.165, 1.54) is 38.4 Å². The molecule has 2 heteroatoms. The van der Waals surface area contributed by atoms with Crippen molar-refractivity contribution in [2.24, 2.45) is 5.92 Å². The van der Waals surface area contributed by atoms with E-state index in [0.29, 0.717) is 5.92 Å². The van der Waals surface area contributed by atoms with E-state index in [0.717, 1.165) is 0 Å². The molecule has 1 fully saturated rings. The highest BCUT2D eigenvalue weighted by molar-refractivity contribution is 5.82. The maximum atomic E-state index is 10.9. The number of methoxy groups -OCH3 is 1. The molecule has 0 aromatic heterocycles. The van der Waals surface area contributed by atoms with Gasteiger partial charge in [0.05, 0.1) is 7.11 Å². The summed E-state index contributed by atoms with van der Waals surface area (Å²) in [5, 5.41) is 0. The van der Waals surface area contributed by atoms with E-state index in [-0.39, 0.29) is 5.97 Å². The first-order chi connectivity index (χ1) is 5.74. The van der Waals surface area contributed by atoms with Gasteiger partial charge < -0.3 is 4.74 Å². The number of carbonyl (C=O) groups is 1. The molecular weight excluding hydrogens is 152 g/mol. The summed E-state index contributed by atoms with van der Waals surface area (Å²) in [5.74, 6) is 0.406. The Morgan fingerprint density at radius 3 is 2.50 bits per heavy atom. The highest BCUT2D eigenvalue weighted by Gasteiger charge is 2.16. The van der Waals surface area contributed by atoms with Crippen LogP contribution in [0.25, 0.3) is 0 Å². The molecule has 0 atom stereocenters. The Morgan fingerprint density at radius 1 is 1.42 bits per heavy atom. The second kappa shape index (κ2) is 4.29. The summed E-state index contributed by atoms with van der Waals surface area (Å²) < 4.78 is 4.57. The van der Waals surface area contributed by atoms with Crippen LogP contribution in [0.2, 0.25) is 0 Å². The van der Waals surface area contributed by atoms with Gasteiger partial charge in [0, 0.05) is 6.08 Å². The van der Waals surface area contributed by atoms with Crippen molar-refractivity contribution >= 4 is 5.97 Å². The van der Waals surface area contributed by atoms with Gasteiger partial charge in [0.2, 0.25) is 0 Å². The van der Waals surface area contributed by atoms with E-state index < -0.39 is 0 Å². The fourth-order valence-electron chi connectivity index (χ4n) is 1.74. The van der Waals surface area contributed by atoms with Crippen molar-refractivity contribution in [1.29, 1.82) is 0 Å². The average molecular weight is 168 g/mol. The Kier molecular flexibility index (Phi) is 3.32. The number of rotatable bonds is 2. The number of carbonyl (C=O) groups excluding carboxylic acids is 1. The van der Waals surface area contributed by atoms with Gasteiger partial charge in [0.1, 0.15) is 0 Å². The molecule has 0 aromatic rings. The van der Waals surface area contributed by atoms with Gasteiger partial charge in [-0.25, -0.2) is 4.79 Å². The van der Waals surface area contributed by atoms with Crippen molar-refractivity contribution in [3.8, 4) is 0 Å². The highest BCUT2D eigenvalue weighted by atomic mass is 16.5. The molecule has 68 valence electrons. The van der Waals surface area contributed by atoms with Crippen LogP contribution in [0.3, 0.4) is 0 Å². The van der Waals surface area contributed by atoms with Crippen LogP contribution in [0.1, 0.15) is 32.6 Å². The van der Waals surface area contributed by atoms with Crippen molar-refractivity contribution in [1.82, 2.24) is 0 Å². The molecule has 0 radical (unpaired) electrons. The number of hydrogen-bond acceptors (Lipinski definition) is 2. The lowest BCUT2D eigenvalue weighted by Crippen LogP contribution is -2.01. The predicted octanol–water partition coefficient (Wildman–Crippen LogP) is 2.30. The van der Waals surface area contributed by atoms with Crippen LogP contribution >= 0.6 is 0 Å². The minimum atomic E-state index is -0.223. The molecule has 0 unspecified atom stereocenters. The van der Waals surface area contributed by atoms with Crippen molar-refractivity contribution in [2.45, 2.75) is 32.6 Å². The highest BCUT2D eigenvalue weighted by Crippen LogP contribution is 2.30. The van der Waals surface area contributed by atoms with Crippen LogP contribution in [-0.2, 0) is 9.53 Å². The summed E-state index contributed by atoms with van der Waals surface area (Å²) in [4.78, 5) is 10.9. The standard InChI is InChI=1S/C10H16O2/c1-8(7-10(11)12-2)9-5-3-4-6-9/h7,9H,3-6H2,1-2H3/b8-7-. The molecule has 0 aromatic carbocycles. The maximum Gasteiger partial charge on any atom is 0.330 e. The Hall–Kier alpha value is -0.790. The topological polar surface area (TPSA) is 26.3 Å². The summed E-state index contributed by atoms with van der Waals surface area (Å²) in [7, 11) is 1.42. The van der Waals surface area contributed by atoms with Crippen LogP contribution in [-0.4, -0.2) is 13.1 Å². The lowest BCUT2D eigenvalue weighted by Gasteiger charge is -2.07. The molecule has 12 heavy (non-hydrogen) atoms. The van der Waals surface area contributed by atoms with Gasteiger partial charge in [-0.3, -0.25) is 0 Å².